The molecule has 0 saturated carbocycles. The molecule has 0 fully saturated rings. The zero-order chi connectivity index (χ0) is 8.55. The topological polar surface area (TPSA) is 4.93 Å². The number of benzene rings is 1. The summed E-state index contributed by atoms with van der Waals surface area (Å²) in [6.45, 7) is 2.15. The summed E-state index contributed by atoms with van der Waals surface area (Å²) in [7, 11) is 0. The molecule has 0 bridgehead atoms. The number of aryl methyl sites for hydroxylation is 1. The monoisotopic (exact) mass is 177 g/mol. The average Bonchev–Trinajstić information content (AvgIpc) is 2.49. The number of para-hydroxylation sites is 1. The predicted molar refractivity (Wildman–Crippen MR) is 55.6 cm³/mol. The molecule has 0 unspecified atom stereocenters. The Kier molecular flexibility index (Phi) is 1.85. The molecule has 12 heavy (non-hydrogen) atoms. The molecule has 1 nitrogen and oxygen atoms in total. The molecule has 2 rings (SSSR count). The van der Waals surface area contributed by atoms with Gasteiger partial charge in [-0.25, -0.2) is 0 Å². The summed E-state index contributed by atoms with van der Waals surface area (Å²) in [5.74, 6) is 0. The van der Waals surface area contributed by atoms with Gasteiger partial charge in [-0.3, -0.25) is 3.97 Å². The minimum absolute atomic E-state index is 1.32. The summed E-state index contributed by atoms with van der Waals surface area (Å²) in [6.07, 6.45) is 4.20. The molecule has 0 atom stereocenters. The average molecular weight is 177 g/mol. The van der Waals surface area contributed by atoms with E-state index in [1.165, 1.54) is 16.5 Å². The highest BCUT2D eigenvalue weighted by Crippen LogP contribution is 2.22. The van der Waals surface area contributed by atoms with E-state index >= 15 is 0 Å². The lowest BCUT2D eigenvalue weighted by Crippen LogP contribution is -1.84. The molecule has 0 amide bonds. The third-order valence-corrected chi connectivity index (χ3v) is 2.77. The quantitative estimate of drug-likeness (QED) is 0.648. The zero-order valence-corrected chi connectivity index (χ0v) is 8.06. The van der Waals surface area contributed by atoms with E-state index in [1.54, 1.807) is 11.9 Å². The van der Waals surface area contributed by atoms with Crippen LogP contribution in [0, 0.1) is 6.92 Å². The van der Waals surface area contributed by atoms with Crippen molar-refractivity contribution >= 4 is 22.9 Å². The summed E-state index contributed by atoms with van der Waals surface area (Å²) in [4.78, 5) is 0. The lowest BCUT2D eigenvalue weighted by atomic mass is 10.2. The van der Waals surface area contributed by atoms with E-state index < -0.39 is 0 Å². The third kappa shape index (κ3) is 1.03. The molecule has 0 aliphatic heterocycles. The van der Waals surface area contributed by atoms with E-state index in [1.807, 2.05) is 0 Å². The van der Waals surface area contributed by atoms with Crippen LogP contribution in [-0.4, -0.2) is 10.2 Å². The van der Waals surface area contributed by atoms with E-state index in [0.29, 0.717) is 0 Å². The summed E-state index contributed by atoms with van der Waals surface area (Å²) >= 11 is 1.74. The first-order chi connectivity index (χ1) is 5.83. The number of fused-ring (bicyclic) bond motifs is 1. The highest BCUT2D eigenvalue weighted by Gasteiger charge is 2.01. The van der Waals surface area contributed by atoms with Crippen LogP contribution in [0.2, 0.25) is 0 Å². The van der Waals surface area contributed by atoms with E-state index in [9.17, 15) is 0 Å². The van der Waals surface area contributed by atoms with Gasteiger partial charge in [-0.15, -0.1) is 0 Å². The van der Waals surface area contributed by atoms with E-state index in [0.717, 1.165) is 0 Å². The van der Waals surface area contributed by atoms with Crippen LogP contribution in [0.5, 0.6) is 0 Å². The van der Waals surface area contributed by atoms with Crippen LogP contribution < -0.4 is 0 Å². The molecule has 1 aromatic carbocycles. The van der Waals surface area contributed by atoms with Crippen LogP contribution in [0.4, 0.5) is 0 Å². The zero-order valence-electron chi connectivity index (χ0n) is 7.24. The maximum atomic E-state index is 2.20. The first kappa shape index (κ1) is 7.74. The second-order valence-corrected chi connectivity index (χ2v) is 3.60. The molecule has 0 spiro atoms. The minimum Gasteiger partial charge on any atom is -0.291 e. The highest BCUT2D eigenvalue weighted by molar-refractivity contribution is 7.97. The molecule has 0 N–H and O–H groups in total. The van der Waals surface area contributed by atoms with Gasteiger partial charge in [-0.1, -0.05) is 18.2 Å². The number of hydrogen-bond acceptors (Lipinski definition) is 1. The number of hydrogen-bond donors (Lipinski definition) is 0. The Morgan fingerprint density at radius 1 is 1.25 bits per heavy atom. The Balaban J connectivity index is 2.83. The summed E-state index contributed by atoms with van der Waals surface area (Å²) in [5.41, 5.74) is 2.68. The SMILES string of the molecule is CSn1ccc2cccc(C)c21. The Morgan fingerprint density at radius 2 is 2.08 bits per heavy atom. The van der Waals surface area contributed by atoms with Gasteiger partial charge in [0.25, 0.3) is 0 Å². The number of nitrogens with zero attached hydrogens (tertiary/aromatic N) is 1. The Morgan fingerprint density at radius 3 is 2.83 bits per heavy atom. The molecule has 0 aliphatic rings. The van der Waals surface area contributed by atoms with Gasteiger partial charge in [-0.05, 0) is 30.5 Å². The van der Waals surface area contributed by atoms with Gasteiger partial charge in [0.1, 0.15) is 0 Å². The fourth-order valence-corrected chi connectivity index (χ4v) is 2.11. The molecule has 1 heterocycles. The van der Waals surface area contributed by atoms with Gasteiger partial charge in [0, 0.05) is 17.8 Å². The third-order valence-electron chi connectivity index (χ3n) is 2.08. The van der Waals surface area contributed by atoms with Gasteiger partial charge in [0.2, 0.25) is 0 Å². The summed E-state index contributed by atoms with van der Waals surface area (Å²) in [5, 5.41) is 1.32. The van der Waals surface area contributed by atoms with E-state index in [-0.39, 0.29) is 0 Å². The maximum absolute atomic E-state index is 2.20. The van der Waals surface area contributed by atoms with Crippen LogP contribution >= 0.6 is 11.9 Å². The van der Waals surface area contributed by atoms with Crippen molar-refractivity contribution in [3.8, 4) is 0 Å². The van der Waals surface area contributed by atoms with Gasteiger partial charge >= 0.3 is 0 Å². The van der Waals surface area contributed by atoms with Crippen molar-refractivity contribution < 1.29 is 0 Å². The standard InChI is InChI=1S/C10H11NS/c1-8-4-3-5-9-6-7-11(12-2)10(8)9/h3-7H,1-2H3. The smallest absolute Gasteiger partial charge is 0.0620 e. The molecule has 0 radical (unpaired) electrons. The minimum atomic E-state index is 1.32. The molecule has 2 heteroatoms. The Bertz CT molecular complexity index is 403. The second-order valence-electron chi connectivity index (χ2n) is 2.84. The van der Waals surface area contributed by atoms with Gasteiger partial charge in [0.15, 0.2) is 0 Å². The first-order valence-corrected chi connectivity index (χ1v) is 5.12. The molecule has 0 aliphatic carbocycles. The van der Waals surface area contributed by atoms with E-state index in [2.05, 4.69) is 47.6 Å². The molecule has 62 valence electrons. The predicted octanol–water partition coefficient (Wildman–Crippen LogP) is 3.08. The highest BCUT2D eigenvalue weighted by atomic mass is 32.2. The normalized spacial score (nSPS) is 10.8. The summed E-state index contributed by atoms with van der Waals surface area (Å²) in [6, 6.07) is 8.55. The van der Waals surface area contributed by atoms with Crippen molar-refractivity contribution in [2.45, 2.75) is 6.92 Å². The number of aromatic nitrogens is 1. The van der Waals surface area contributed by atoms with Gasteiger partial charge in [0.05, 0.1) is 5.52 Å². The van der Waals surface area contributed by atoms with Crippen molar-refractivity contribution in [3.63, 3.8) is 0 Å². The Hall–Kier alpha value is -0.890. The maximum Gasteiger partial charge on any atom is 0.0620 e. The van der Waals surface area contributed by atoms with Crippen molar-refractivity contribution in [3.05, 3.63) is 36.0 Å². The van der Waals surface area contributed by atoms with Crippen LogP contribution in [-0.2, 0) is 0 Å². The van der Waals surface area contributed by atoms with Crippen molar-refractivity contribution in [2.75, 3.05) is 6.26 Å². The molecule has 0 saturated heterocycles. The lowest BCUT2D eigenvalue weighted by molar-refractivity contribution is 1.32. The van der Waals surface area contributed by atoms with Crippen molar-refractivity contribution in [1.29, 1.82) is 0 Å². The van der Waals surface area contributed by atoms with Crippen LogP contribution in [0.15, 0.2) is 30.5 Å². The molecule has 2 aromatic rings. The van der Waals surface area contributed by atoms with Crippen LogP contribution in [0.25, 0.3) is 10.9 Å². The van der Waals surface area contributed by atoms with Crippen LogP contribution in [0.3, 0.4) is 0 Å². The van der Waals surface area contributed by atoms with Crippen LogP contribution in [0.1, 0.15) is 5.56 Å². The van der Waals surface area contributed by atoms with Gasteiger partial charge < -0.3 is 0 Å². The van der Waals surface area contributed by atoms with Gasteiger partial charge in [-0.2, -0.15) is 0 Å². The van der Waals surface area contributed by atoms with Crippen molar-refractivity contribution in [1.82, 2.24) is 3.97 Å². The number of rotatable bonds is 1. The summed E-state index contributed by atoms with van der Waals surface area (Å²) < 4.78 is 2.20. The second kappa shape index (κ2) is 2.87. The lowest BCUT2D eigenvalue weighted by Gasteiger charge is -2.01. The molecular weight excluding hydrogens is 166 g/mol. The fraction of sp³-hybridized carbons (Fsp3) is 0.200. The first-order valence-electron chi connectivity index (χ1n) is 3.94. The fourth-order valence-electron chi connectivity index (χ4n) is 1.49. The van der Waals surface area contributed by atoms with Crippen molar-refractivity contribution in [2.24, 2.45) is 0 Å². The molecule has 1 aromatic heterocycles. The Labute approximate surface area is 76.5 Å². The van der Waals surface area contributed by atoms with E-state index in [4.69, 9.17) is 0 Å². The molecular formula is C10H11NS. The largest absolute Gasteiger partial charge is 0.291 e.